The molecule has 2 rings (SSSR count). The molecule has 1 aliphatic rings. The van der Waals surface area contributed by atoms with Crippen molar-refractivity contribution in [3.8, 4) is 0 Å². The van der Waals surface area contributed by atoms with Gasteiger partial charge >= 0.3 is 5.97 Å². The number of halogens is 2. The van der Waals surface area contributed by atoms with E-state index in [0.717, 1.165) is 37.8 Å². The van der Waals surface area contributed by atoms with Crippen LogP contribution in [0.1, 0.15) is 43.0 Å². The zero-order valence-corrected chi connectivity index (χ0v) is 10.8. The normalized spacial score (nSPS) is 20.2. The molecule has 1 saturated heterocycles. The number of hydrogen-bond acceptors (Lipinski definition) is 2. The lowest BCUT2D eigenvalue weighted by Crippen LogP contribution is -2.34. The van der Waals surface area contributed by atoms with Gasteiger partial charge in [-0.15, -0.1) is 0 Å². The summed E-state index contributed by atoms with van der Waals surface area (Å²) in [6.45, 7) is 2.54. The largest absolute Gasteiger partial charge is 0.478 e. The number of carbonyl (C=O) groups is 1. The van der Waals surface area contributed by atoms with Crippen molar-refractivity contribution in [2.75, 3.05) is 11.4 Å². The fourth-order valence-electron chi connectivity index (χ4n) is 2.57. The van der Waals surface area contributed by atoms with Crippen molar-refractivity contribution in [3.05, 3.63) is 29.3 Å². The van der Waals surface area contributed by atoms with E-state index in [4.69, 9.17) is 5.11 Å². The zero-order valence-electron chi connectivity index (χ0n) is 10.8. The molecule has 0 bridgehead atoms. The predicted octanol–water partition coefficient (Wildman–Crippen LogP) is 3.43. The highest BCUT2D eigenvalue weighted by Gasteiger charge is 2.24. The molecule has 104 valence electrons. The van der Waals surface area contributed by atoms with E-state index in [1.807, 2.05) is 6.92 Å². The number of carboxylic acid groups (broad SMARTS) is 1. The molecule has 1 unspecified atom stereocenters. The van der Waals surface area contributed by atoms with Crippen LogP contribution >= 0.6 is 0 Å². The van der Waals surface area contributed by atoms with Crippen LogP contribution in [-0.4, -0.2) is 23.7 Å². The van der Waals surface area contributed by atoms with Gasteiger partial charge in [0.05, 0.1) is 5.56 Å². The minimum Gasteiger partial charge on any atom is -0.478 e. The average molecular weight is 269 g/mol. The molecule has 0 aliphatic carbocycles. The molecular formula is C14H17F2NO2. The number of benzene rings is 1. The van der Waals surface area contributed by atoms with Gasteiger partial charge in [0.1, 0.15) is 17.3 Å². The highest BCUT2D eigenvalue weighted by Crippen LogP contribution is 2.30. The number of anilines is 1. The van der Waals surface area contributed by atoms with E-state index in [9.17, 15) is 13.6 Å². The molecule has 5 heteroatoms. The molecule has 0 radical (unpaired) electrons. The van der Waals surface area contributed by atoms with Gasteiger partial charge in [-0.1, -0.05) is 12.8 Å². The summed E-state index contributed by atoms with van der Waals surface area (Å²) in [4.78, 5) is 12.5. The lowest BCUT2D eigenvalue weighted by molar-refractivity contribution is 0.0696. The smallest absolute Gasteiger partial charge is 0.335 e. The maximum absolute atomic E-state index is 14.0. The number of hydrogen-bond donors (Lipinski definition) is 1. The molecule has 0 amide bonds. The van der Waals surface area contributed by atoms with Crippen LogP contribution < -0.4 is 4.90 Å². The van der Waals surface area contributed by atoms with Crippen LogP contribution in [0.3, 0.4) is 0 Å². The van der Waals surface area contributed by atoms with Crippen LogP contribution in [0.2, 0.25) is 0 Å². The van der Waals surface area contributed by atoms with Gasteiger partial charge in [0.15, 0.2) is 0 Å². The van der Waals surface area contributed by atoms with E-state index in [1.165, 1.54) is 0 Å². The summed E-state index contributed by atoms with van der Waals surface area (Å²) < 4.78 is 28.0. The van der Waals surface area contributed by atoms with Crippen molar-refractivity contribution in [2.24, 2.45) is 0 Å². The van der Waals surface area contributed by atoms with Gasteiger partial charge in [0.25, 0.3) is 0 Å². The van der Waals surface area contributed by atoms with Crippen molar-refractivity contribution in [2.45, 2.75) is 38.6 Å². The van der Waals surface area contributed by atoms with Crippen molar-refractivity contribution >= 4 is 11.7 Å². The van der Waals surface area contributed by atoms with E-state index >= 15 is 0 Å². The maximum Gasteiger partial charge on any atom is 0.335 e. The summed E-state index contributed by atoms with van der Waals surface area (Å²) in [6.07, 6.45) is 3.88. The van der Waals surface area contributed by atoms with Gasteiger partial charge in [-0.05, 0) is 31.9 Å². The molecular weight excluding hydrogens is 252 g/mol. The van der Waals surface area contributed by atoms with Crippen LogP contribution in [0.5, 0.6) is 0 Å². The number of aromatic carboxylic acids is 1. The summed E-state index contributed by atoms with van der Waals surface area (Å²) in [6, 6.07) is 1.83. The Labute approximate surface area is 110 Å². The Hall–Kier alpha value is -1.65. The predicted molar refractivity (Wildman–Crippen MR) is 68.6 cm³/mol. The van der Waals surface area contributed by atoms with Gasteiger partial charge in [-0.3, -0.25) is 0 Å². The second-order valence-corrected chi connectivity index (χ2v) is 4.99. The second kappa shape index (κ2) is 5.55. The Morgan fingerprint density at radius 3 is 2.47 bits per heavy atom. The molecule has 1 aromatic rings. The third kappa shape index (κ3) is 2.85. The maximum atomic E-state index is 14.0. The van der Waals surface area contributed by atoms with E-state index in [0.29, 0.717) is 6.54 Å². The van der Waals surface area contributed by atoms with Gasteiger partial charge in [0.2, 0.25) is 0 Å². The standard InChI is InChI=1S/C14H17F2NO2/c1-9-5-3-2-4-6-17(9)13-11(15)7-10(14(18)19)8-12(13)16/h7-9H,2-6H2,1H3,(H,18,19). The van der Waals surface area contributed by atoms with Gasteiger partial charge in [-0.2, -0.15) is 0 Å². The summed E-state index contributed by atoms with van der Waals surface area (Å²) >= 11 is 0. The molecule has 0 aromatic heterocycles. The van der Waals surface area contributed by atoms with Crippen LogP contribution in [-0.2, 0) is 0 Å². The number of nitrogens with zero attached hydrogens (tertiary/aromatic N) is 1. The Kier molecular flexibility index (Phi) is 4.02. The fourth-order valence-corrected chi connectivity index (χ4v) is 2.57. The van der Waals surface area contributed by atoms with Gasteiger partial charge < -0.3 is 10.0 Å². The van der Waals surface area contributed by atoms with Crippen molar-refractivity contribution in [1.82, 2.24) is 0 Å². The summed E-state index contributed by atoms with van der Waals surface area (Å²) in [5, 5.41) is 8.78. The van der Waals surface area contributed by atoms with Crippen molar-refractivity contribution < 1.29 is 18.7 Å². The van der Waals surface area contributed by atoms with Crippen LogP contribution in [0.15, 0.2) is 12.1 Å². The molecule has 1 aromatic carbocycles. The van der Waals surface area contributed by atoms with Gasteiger partial charge in [0, 0.05) is 12.6 Å². The molecule has 1 aliphatic heterocycles. The van der Waals surface area contributed by atoms with Crippen molar-refractivity contribution in [3.63, 3.8) is 0 Å². The Morgan fingerprint density at radius 1 is 1.26 bits per heavy atom. The molecule has 19 heavy (non-hydrogen) atoms. The zero-order chi connectivity index (χ0) is 14.0. The number of rotatable bonds is 2. The molecule has 1 atom stereocenters. The topological polar surface area (TPSA) is 40.5 Å². The molecule has 1 N–H and O–H groups in total. The van der Waals surface area contributed by atoms with Crippen LogP contribution in [0, 0.1) is 11.6 Å². The van der Waals surface area contributed by atoms with Crippen molar-refractivity contribution in [1.29, 1.82) is 0 Å². The molecule has 3 nitrogen and oxygen atoms in total. The Morgan fingerprint density at radius 2 is 1.89 bits per heavy atom. The number of carboxylic acids is 1. The summed E-state index contributed by atoms with van der Waals surface area (Å²) in [7, 11) is 0. The quantitative estimate of drug-likeness (QED) is 0.894. The highest BCUT2D eigenvalue weighted by molar-refractivity contribution is 5.88. The molecule has 0 spiro atoms. The van der Waals surface area contributed by atoms with E-state index in [-0.39, 0.29) is 17.3 Å². The molecule has 1 fully saturated rings. The summed E-state index contributed by atoms with van der Waals surface area (Å²) in [5.74, 6) is -2.93. The first-order valence-corrected chi connectivity index (χ1v) is 6.49. The average Bonchev–Trinajstić information content (AvgIpc) is 2.54. The SMILES string of the molecule is CC1CCCCCN1c1c(F)cc(C(=O)O)cc1F. The second-order valence-electron chi connectivity index (χ2n) is 4.99. The van der Waals surface area contributed by atoms with E-state index in [2.05, 4.69) is 0 Å². The first kappa shape index (κ1) is 13.8. The van der Waals surface area contributed by atoms with E-state index in [1.54, 1.807) is 4.90 Å². The first-order chi connectivity index (χ1) is 9.00. The van der Waals surface area contributed by atoms with E-state index < -0.39 is 17.6 Å². The minimum atomic E-state index is -1.33. The highest BCUT2D eigenvalue weighted by atomic mass is 19.1. The van der Waals surface area contributed by atoms with Crippen LogP contribution in [0.25, 0.3) is 0 Å². The molecule has 1 heterocycles. The minimum absolute atomic E-state index is 0.0576. The summed E-state index contributed by atoms with van der Waals surface area (Å²) in [5.41, 5.74) is -0.458. The Bertz CT molecular complexity index is 467. The van der Waals surface area contributed by atoms with Gasteiger partial charge in [-0.25, -0.2) is 13.6 Å². The lowest BCUT2D eigenvalue weighted by atomic mass is 10.1. The molecule has 0 saturated carbocycles. The lowest BCUT2D eigenvalue weighted by Gasteiger charge is -2.30. The third-order valence-corrected chi connectivity index (χ3v) is 3.60. The van der Waals surface area contributed by atoms with Crippen LogP contribution in [0.4, 0.5) is 14.5 Å². The fraction of sp³-hybridized carbons (Fsp3) is 0.500. The first-order valence-electron chi connectivity index (χ1n) is 6.49. The monoisotopic (exact) mass is 269 g/mol. The Balaban J connectivity index is 2.40. The third-order valence-electron chi connectivity index (χ3n) is 3.60.